The summed E-state index contributed by atoms with van der Waals surface area (Å²) in [5, 5.41) is 4.30. The first-order chi connectivity index (χ1) is 10.7. The van der Waals surface area contributed by atoms with Crippen LogP contribution in [0.25, 0.3) is 5.52 Å². The normalized spacial score (nSPS) is 18.5. The lowest BCUT2D eigenvalue weighted by molar-refractivity contribution is -0.00307. The molecule has 5 nitrogen and oxygen atoms in total. The Balaban J connectivity index is 1.83. The van der Waals surface area contributed by atoms with Gasteiger partial charge in [0.15, 0.2) is 0 Å². The van der Waals surface area contributed by atoms with E-state index in [1.54, 1.807) is 10.7 Å². The van der Waals surface area contributed by atoms with Gasteiger partial charge in [-0.25, -0.2) is 4.52 Å². The quantitative estimate of drug-likeness (QED) is 0.872. The zero-order chi connectivity index (χ0) is 15.5. The van der Waals surface area contributed by atoms with E-state index in [1.807, 2.05) is 37.1 Å². The maximum Gasteiger partial charge on any atom is 0.257 e. The fraction of sp³-hybridized carbons (Fsp3) is 0.529. The van der Waals surface area contributed by atoms with E-state index < -0.39 is 0 Å². The van der Waals surface area contributed by atoms with Crippen molar-refractivity contribution in [3.63, 3.8) is 0 Å². The molecule has 1 aliphatic heterocycles. The molecule has 0 radical (unpaired) electrons. The van der Waals surface area contributed by atoms with Crippen LogP contribution in [0, 0.1) is 6.92 Å². The van der Waals surface area contributed by atoms with Crippen LogP contribution in [-0.4, -0.2) is 46.2 Å². The highest BCUT2D eigenvalue weighted by Gasteiger charge is 2.24. The number of rotatable bonds is 4. The van der Waals surface area contributed by atoms with E-state index in [0.717, 1.165) is 30.5 Å². The number of hydrogen-bond donors (Lipinski definition) is 0. The SMILES string of the molecule is CCN(CC1CCCCO1)C(=O)c1cnn2cccc(C)c12. The summed E-state index contributed by atoms with van der Waals surface area (Å²) in [6, 6.07) is 3.95. The minimum Gasteiger partial charge on any atom is -0.376 e. The Labute approximate surface area is 130 Å². The molecule has 0 bridgehead atoms. The number of pyridine rings is 1. The molecular formula is C17H23N3O2. The molecule has 0 aliphatic carbocycles. The minimum absolute atomic E-state index is 0.0426. The molecule has 0 aromatic carbocycles. The topological polar surface area (TPSA) is 46.8 Å². The molecule has 0 saturated carbocycles. The number of likely N-dealkylation sites (N-methyl/N-ethyl adjacent to an activating group) is 1. The summed E-state index contributed by atoms with van der Waals surface area (Å²) in [5.41, 5.74) is 2.64. The van der Waals surface area contributed by atoms with E-state index in [4.69, 9.17) is 4.74 Å². The third-order valence-corrected chi connectivity index (χ3v) is 4.34. The highest BCUT2D eigenvalue weighted by molar-refractivity contribution is 6.01. The molecule has 5 heteroatoms. The van der Waals surface area contributed by atoms with Gasteiger partial charge in [0.05, 0.1) is 23.4 Å². The fourth-order valence-electron chi connectivity index (χ4n) is 3.10. The van der Waals surface area contributed by atoms with Crippen LogP contribution in [0.2, 0.25) is 0 Å². The molecule has 3 heterocycles. The zero-order valence-corrected chi connectivity index (χ0v) is 13.3. The van der Waals surface area contributed by atoms with Crippen LogP contribution in [0.1, 0.15) is 42.1 Å². The largest absolute Gasteiger partial charge is 0.376 e. The molecule has 22 heavy (non-hydrogen) atoms. The van der Waals surface area contributed by atoms with E-state index in [2.05, 4.69) is 5.10 Å². The standard InChI is InChI=1S/C17H23N3O2/c1-3-19(12-14-8-4-5-10-22-14)17(21)15-11-18-20-9-6-7-13(2)16(15)20/h6-7,9,11,14H,3-5,8,10,12H2,1-2H3. The highest BCUT2D eigenvalue weighted by atomic mass is 16.5. The monoisotopic (exact) mass is 301 g/mol. The molecule has 118 valence electrons. The Morgan fingerprint density at radius 3 is 3.09 bits per heavy atom. The van der Waals surface area contributed by atoms with Crippen LogP contribution in [0.4, 0.5) is 0 Å². The minimum atomic E-state index is 0.0426. The molecule has 1 amide bonds. The Morgan fingerprint density at radius 2 is 2.36 bits per heavy atom. The number of hydrogen-bond acceptors (Lipinski definition) is 3. The van der Waals surface area contributed by atoms with Crippen molar-refractivity contribution in [1.29, 1.82) is 0 Å². The molecule has 1 atom stereocenters. The van der Waals surface area contributed by atoms with Crippen molar-refractivity contribution >= 4 is 11.4 Å². The predicted octanol–water partition coefficient (Wildman–Crippen LogP) is 2.67. The molecule has 1 saturated heterocycles. The Morgan fingerprint density at radius 1 is 1.50 bits per heavy atom. The second-order valence-electron chi connectivity index (χ2n) is 5.87. The predicted molar refractivity (Wildman–Crippen MR) is 85.1 cm³/mol. The van der Waals surface area contributed by atoms with Gasteiger partial charge in [-0.2, -0.15) is 5.10 Å². The van der Waals surface area contributed by atoms with Crippen LogP contribution < -0.4 is 0 Å². The summed E-state index contributed by atoms with van der Waals surface area (Å²) in [5.74, 6) is 0.0426. The Hall–Kier alpha value is -1.88. The maximum atomic E-state index is 12.9. The van der Waals surface area contributed by atoms with Gasteiger partial charge in [0.25, 0.3) is 5.91 Å². The smallest absolute Gasteiger partial charge is 0.257 e. The van der Waals surface area contributed by atoms with Gasteiger partial charge in [-0.1, -0.05) is 6.07 Å². The Kier molecular flexibility index (Phi) is 4.43. The number of aryl methyl sites for hydroxylation is 1. The third kappa shape index (κ3) is 2.86. The van der Waals surface area contributed by atoms with Gasteiger partial charge in [0, 0.05) is 25.9 Å². The van der Waals surface area contributed by atoms with Gasteiger partial charge in [-0.15, -0.1) is 0 Å². The van der Waals surface area contributed by atoms with Crippen LogP contribution in [-0.2, 0) is 4.74 Å². The molecule has 2 aromatic heterocycles. The van der Waals surface area contributed by atoms with Crippen LogP contribution in [0.3, 0.4) is 0 Å². The lowest BCUT2D eigenvalue weighted by Gasteiger charge is -2.29. The average Bonchev–Trinajstić information content (AvgIpc) is 2.98. The summed E-state index contributed by atoms with van der Waals surface area (Å²) >= 11 is 0. The number of carbonyl (C=O) groups is 1. The maximum absolute atomic E-state index is 12.9. The number of ether oxygens (including phenoxy) is 1. The molecule has 1 aliphatic rings. The van der Waals surface area contributed by atoms with E-state index in [-0.39, 0.29) is 12.0 Å². The van der Waals surface area contributed by atoms with Crippen molar-refractivity contribution in [2.75, 3.05) is 19.7 Å². The van der Waals surface area contributed by atoms with E-state index in [9.17, 15) is 4.79 Å². The first kappa shape index (κ1) is 15.0. The first-order valence-corrected chi connectivity index (χ1v) is 8.04. The second-order valence-corrected chi connectivity index (χ2v) is 5.87. The van der Waals surface area contributed by atoms with Crippen molar-refractivity contribution in [3.05, 3.63) is 35.7 Å². The van der Waals surface area contributed by atoms with E-state index >= 15 is 0 Å². The average molecular weight is 301 g/mol. The first-order valence-electron chi connectivity index (χ1n) is 8.04. The molecule has 2 aromatic rings. The van der Waals surface area contributed by atoms with Crippen molar-refractivity contribution in [2.24, 2.45) is 0 Å². The van der Waals surface area contributed by atoms with Gasteiger partial charge in [-0.3, -0.25) is 4.79 Å². The lowest BCUT2D eigenvalue weighted by atomic mass is 10.1. The fourth-order valence-corrected chi connectivity index (χ4v) is 3.10. The second kappa shape index (κ2) is 6.48. The Bertz CT molecular complexity index is 659. The van der Waals surface area contributed by atoms with Crippen molar-refractivity contribution in [1.82, 2.24) is 14.5 Å². The van der Waals surface area contributed by atoms with Gasteiger partial charge in [0.2, 0.25) is 0 Å². The number of fused-ring (bicyclic) bond motifs is 1. The number of aromatic nitrogens is 2. The molecule has 0 N–H and O–H groups in total. The van der Waals surface area contributed by atoms with E-state index in [1.165, 1.54) is 6.42 Å². The summed E-state index contributed by atoms with van der Waals surface area (Å²) < 4.78 is 7.55. The third-order valence-electron chi connectivity index (χ3n) is 4.34. The molecule has 1 unspecified atom stereocenters. The highest BCUT2D eigenvalue weighted by Crippen LogP contribution is 2.19. The zero-order valence-electron chi connectivity index (χ0n) is 13.3. The lowest BCUT2D eigenvalue weighted by Crippen LogP contribution is -2.39. The molecule has 1 fully saturated rings. The number of carbonyl (C=O) groups excluding carboxylic acids is 1. The van der Waals surface area contributed by atoms with Crippen molar-refractivity contribution in [3.8, 4) is 0 Å². The molecular weight excluding hydrogens is 278 g/mol. The van der Waals surface area contributed by atoms with Gasteiger partial charge in [-0.05, 0) is 44.7 Å². The summed E-state index contributed by atoms with van der Waals surface area (Å²) in [6.07, 6.45) is 7.07. The number of nitrogens with zero attached hydrogens (tertiary/aromatic N) is 3. The summed E-state index contributed by atoms with van der Waals surface area (Å²) in [6.45, 7) is 6.18. The van der Waals surface area contributed by atoms with Crippen LogP contribution in [0.5, 0.6) is 0 Å². The van der Waals surface area contributed by atoms with Crippen LogP contribution in [0.15, 0.2) is 24.5 Å². The summed E-state index contributed by atoms with van der Waals surface area (Å²) in [7, 11) is 0. The van der Waals surface area contributed by atoms with Gasteiger partial charge in [0.1, 0.15) is 0 Å². The van der Waals surface area contributed by atoms with Gasteiger partial charge >= 0.3 is 0 Å². The van der Waals surface area contributed by atoms with Crippen LogP contribution >= 0.6 is 0 Å². The van der Waals surface area contributed by atoms with E-state index in [0.29, 0.717) is 18.7 Å². The van der Waals surface area contributed by atoms with Gasteiger partial charge < -0.3 is 9.64 Å². The molecule has 3 rings (SSSR count). The van der Waals surface area contributed by atoms with Crippen molar-refractivity contribution in [2.45, 2.75) is 39.2 Å². The molecule has 0 spiro atoms. The summed E-state index contributed by atoms with van der Waals surface area (Å²) in [4.78, 5) is 14.8. The number of amides is 1. The van der Waals surface area contributed by atoms with Crippen molar-refractivity contribution < 1.29 is 9.53 Å².